The van der Waals surface area contributed by atoms with E-state index in [1.165, 1.54) is 24.5 Å². The van der Waals surface area contributed by atoms with Crippen LogP contribution in [0.1, 0.15) is 12.0 Å². The van der Waals surface area contributed by atoms with Crippen LogP contribution in [-0.2, 0) is 26.8 Å². The fourth-order valence-electron chi connectivity index (χ4n) is 4.85. The van der Waals surface area contributed by atoms with E-state index in [1.807, 2.05) is 23.9 Å². The third-order valence-corrected chi connectivity index (χ3v) is 6.77. The molecular formula is C27H25N7O3. The number of hydrogen-bond donors (Lipinski definition) is 3. The molecule has 1 unspecified atom stereocenters. The van der Waals surface area contributed by atoms with E-state index in [9.17, 15) is 14.4 Å². The lowest BCUT2D eigenvalue weighted by molar-refractivity contribution is -0.134. The monoisotopic (exact) mass is 495 g/mol. The van der Waals surface area contributed by atoms with Gasteiger partial charge in [0.2, 0.25) is 11.8 Å². The number of anilines is 2. The van der Waals surface area contributed by atoms with E-state index in [4.69, 9.17) is 11.5 Å². The van der Waals surface area contributed by atoms with Crippen molar-refractivity contribution >= 4 is 40.3 Å². The maximum absolute atomic E-state index is 13.9. The number of carbonyl (C=O) groups is 3. The summed E-state index contributed by atoms with van der Waals surface area (Å²) in [5.74, 6) is -1.43. The molecule has 1 atom stereocenters. The molecule has 186 valence electrons. The van der Waals surface area contributed by atoms with Crippen molar-refractivity contribution in [3.05, 3.63) is 84.5 Å². The zero-order valence-corrected chi connectivity index (χ0v) is 20.3. The van der Waals surface area contributed by atoms with Gasteiger partial charge >= 0.3 is 0 Å². The van der Waals surface area contributed by atoms with E-state index in [1.54, 1.807) is 48.5 Å². The Balaban J connectivity index is 1.64. The average Bonchev–Trinajstić information content (AvgIpc) is 3.26. The van der Waals surface area contributed by atoms with E-state index in [2.05, 4.69) is 15.3 Å². The lowest BCUT2D eigenvalue weighted by Gasteiger charge is -2.38. The van der Waals surface area contributed by atoms with Crippen LogP contribution in [0.3, 0.4) is 0 Å². The van der Waals surface area contributed by atoms with Crippen molar-refractivity contribution in [3.8, 4) is 11.1 Å². The first-order chi connectivity index (χ1) is 17.8. The molecule has 3 heterocycles. The van der Waals surface area contributed by atoms with Crippen LogP contribution in [0.5, 0.6) is 0 Å². The first kappa shape index (κ1) is 23.7. The summed E-state index contributed by atoms with van der Waals surface area (Å²) in [4.78, 5) is 49.4. The number of nitrogens with zero attached hydrogens (tertiary/aromatic N) is 4. The summed E-state index contributed by atoms with van der Waals surface area (Å²) in [5, 5.41) is 3.29. The summed E-state index contributed by atoms with van der Waals surface area (Å²) in [7, 11) is 3.35. The quantitative estimate of drug-likeness (QED) is 0.361. The minimum atomic E-state index is -1.79. The minimum Gasteiger partial charge on any atom is -0.383 e. The zero-order valence-electron chi connectivity index (χ0n) is 20.3. The second-order valence-corrected chi connectivity index (χ2v) is 8.88. The van der Waals surface area contributed by atoms with Crippen LogP contribution in [0, 0.1) is 0 Å². The topological polar surface area (TPSA) is 149 Å². The molecule has 2 aromatic heterocycles. The van der Waals surface area contributed by atoms with Gasteiger partial charge in [0.15, 0.2) is 5.41 Å². The first-order valence-corrected chi connectivity index (χ1v) is 11.6. The number of benzene rings is 2. The molecule has 0 fully saturated rings. The largest absolute Gasteiger partial charge is 0.383 e. The van der Waals surface area contributed by atoms with Crippen molar-refractivity contribution in [1.29, 1.82) is 0 Å². The standard InChI is InChI=1S/C27H25N7O3/c1-30-24(35)17-12-27(25(29)36,26(37)34(13-17)19-6-4-3-5-7-19)18-10-8-16(9-11-18)20-14-33(2)23-21(20)22(28)31-15-32-23/h3-11,13-15H,12H2,1-2H3,(H2,29,36)(H,30,35)(H2,28,31,32). The molecule has 0 saturated heterocycles. The number of primary amides is 1. The van der Waals surface area contributed by atoms with E-state index in [-0.39, 0.29) is 12.0 Å². The molecule has 5 N–H and O–H groups in total. The van der Waals surface area contributed by atoms with Crippen LogP contribution in [0.25, 0.3) is 22.2 Å². The Morgan fingerprint density at radius 3 is 2.41 bits per heavy atom. The Kier molecular flexibility index (Phi) is 5.71. The minimum absolute atomic E-state index is 0.168. The van der Waals surface area contributed by atoms with Crippen molar-refractivity contribution in [3.63, 3.8) is 0 Å². The number of nitrogen functional groups attached to an aromatic ring is 1. The van der Waals surface area contributed by atoms with Crippen LogP contribution >= 0.6 is 0 Å². The number of amides is 3. The van der Waals surface area contributed by atoms with E-state index in [0.29, 0.717) is 28.1 Å². The van der Waals surface area contributed by atoms with E-state index < -0.39 is 23.1 Å². The number of nitrogens with two attached hydrogens (primary N) is 2. The first-order valence-electron chi connectivity index (χ1n) is 11.6. The highest BCUT2D eigenvalue weighted by atomic mass is 16.2. The van der Waals surface area contributed by atoms with Gasteiger partial charge < -0.3 is 21.4 Å². The van der Waals surface area contributed by atoms with Crippen molar-refractivity contribution in [2.24, 2.45) is 12.8 Å². The molecule has 0 bridgehead atoms. The lowest BCUT2D eigenvalue weighted by Crippen LogP contribution is -2.56. The number of hydrogen-bond acceptors (Lipinski definition) is 6. The Morgan fingerprint density at radius 2 is 1.76 bits per heavy atom. The molecule has 2 aromatic carbocycles. The Morgan fingerprint density at radius 1 is 1.05 bits per heavy atom. The second kappa shape index (κ2) is 8.90. The summed E-state index contributed by atoms with van der Waals surface area (Å²) < 4.78 is 1.85. The van der Waals surface area contributed by atoms with Crippen molar-refractivity contribution in [1.82, 2.24) is 19.9 Å². The number of nitrogens with one attached hydrogen (secondary N) is 1. The van der Waals surface area contributed by atoms with Gasteiger partial charge in [-0.2, -0.15) is 0 Å². The van der Waals surface area contributed by atoms with Crippen LogP contribution in [0.2, 0.25) is 0 Å². The van der Waals surface area contributed by atoms with Gasteiger partial charge in [0.25, 0.3) is 5.91 Å². The Bertz CT molecular complexity index is 1580. The van der Waals surface area contributed by atoms with E-state index in [0.717, 1.165) is 11.1 Å². The highest BCUT2D eigenvalue weighted by Crippen LogP contribution is 2.40. The van der Waals surface area contributed by atoms with Gasteiger partial charge in [0.1, 0.15) is 17.8 Å². The van der Waals surface area contributed by atoms with Gasteiger partial charge in [0.05, 0.1) is 5.39 Å². The second-order valence-electron chi connectivity index (χ2n) is 8.88. The number of aromatic nitrogens is 3. The molecule has 37 heavy (non-hydrogen) atoms. The fourth-order valence-corrected chi connectivity index (χ4v) is 4.85. The van der Waals surface area contributed by atoms with Gasteiger partial charge in [-0.1, -0.05) is 42.5 Å². The molecular weight excluding hydrogens is 470 g/mol. The maximum Gasteiger partial charge on any atom is 0.251 e. The van der Waals surface area contributed by atoms with Crippen LogP contribution in [-0.4, -0.2) is 39.3 Å². The molecule has 3 amide bonds. The van der Waals surface area contributed by atoms with E-state index >= 15 is 0 Å². The number of carbonyl (C=O) groups excluding carboxylic acids is 3. The molecule has 0 saturated carbocycles. The molecule has 5 rings (SSSR count). The average molecular weight is 496 g/mol. The predicted molar refractivity (Wildman–Crippen MR) is 140 cm³/mol. The molecule has 4 aromatic rings. The molecule has 0 aliphatic carbocycles. The zero-order chi connectivity index (χ0) is 26.3. The lowest BCUT2D eigenvalue weighted by atomic mass is 9.71. The van der Waals surface area contributed by atoms with Gasteiger partial charge in [-0.3, -0.25) is 19.3 Å². The molecule has 10 heteroatoms. The Hall–Kier alpha value is -4.99. The third-order valence-electron chi connectivity index (χ3n) is 6.77. The molecule has 1 aliphatic heterocycles. The van der Waals surface area contributed by atoms with Gasteiger partial charge in [-0.25, -0.2) is 9.97 Å². The van der Waals surface area contributed by atoms with Crippen LogP contribution in [0.4, 0.5) is 11.5 Å². The predicted octanol–water partition coefficient (Wildman–Crippen LogP) is 2.01. The number of aryl methyl sites for hydroxylation is 1. The molecule has 1 aliphatic rings. The summed E-state index contributed by atoms with van der Waals surface area (Å²) >= 11 is 0. The van der Waals surface area contributed by atoms with Crippen molar-refractivity contribution in [2.75, 3.05) is 17.7 Å². The SMILES string of the molecule is CNC(=O)C1=CN(c2ccccc2)C(=O)C(C(N)=O)(c2ccc(-c3cn(C)c4ncnc(N)c34)cc2)C1. The fraction of sp³-hybridized carbons (Fsp3) is 0.148. The number of rotatable bonds is 5. The highest BCUT2D eigenvalue weighted by Gasteiger charge is 2.52. The maximum atomic E-state index is 13.9. The summed E-state index contributed by atoms with van der Waals surface area (Å²) in [6, 6.07) is 15.8. The van der Waals surface area contributed by atoms with Crippen molar-refractivity contribution < 1.29 is 14.4 Å². The summed E-state index contributed by atoms with van der Waals surface area (Å²) in [5.41, 5.74) is 13.7. The molecule has 0 spiro atoms. The van der Waals surface area contributed by atoms with Gasteiger partial charge in [0, 0.05) is 49.7 Å². The normalized spacial score (nSPS) is 17.5. The summed E-state index contributed by atoms with van der Waals surface area (Å²) in [6.07, 6.45) is 4.60. The highest BCUT2D eigenvalue weighted by molar-refractivity contribution is 6.19. The number of likely N-dealkylation sites (N-methyl/N-ethyl adjacent to an activating group) is 1. The number of fused-ring (bicyclic) bond motifs is 1. The van der Waals surface area contributed by atoms with Gasteiger partial charge in [-0.15, -0.1) is 0 Å². The van der Waals surface area contributed by atoms with Gasteiger partial charge in [-0.05, 0) is 23.3 Å². The molecule has 0 radical (unpaired) electrons. The smallest absolute Gasteiger partial charge is 0.251 e. The number of para-hydroxylation sites is 1. The Labute approximate surface area is 212 Å². The van der Waals surface area contributed by atoms with Crippen LogP contribution in [0.15, 0.2) is 78.9 Å². The van der Waals surface area contributed by atoms with Crippen molar-refractivity contribution in [2.45, 2.75) is 11.8 Å². The summed E-state index contributed by atoms with van der Waals surface area (Å²) in [6.45, 7) is 0. The molecule has 10 nitrogen and oxygen atoms in total. The van der Waals surface area contributed by atoms with Crippen LogP contribution < -0.4 is 21.7 Å². The third kappa shape index (κ3) is 3.70.